The Morgan fingerprint density at radius 1 is 0.567 bits per heavy atom. The second-order valence-corrected chi connectivity index (χ2v) is 9.90. The van der Waals surface area contributed by atoms with Crippen molar-refractivity contribution in [3.8, 4) is 0 Å². The van der Waals surface area contributed by atoms with Crippen LogP contribution in [0.2, 0.25) is 0 Å². The van der Waals surface area contributed by atoms with Crippen LogP contribution in [-0.2, 0) is 4.79 Å². The number of hydrogen-bond acceptors (Lipinski definition) is 1. The van der Waals surface area contributed by atoms with Crippen molar-refractivity contribution in [3.05, 3.63) is 0 Å². The molecule has 0 fully saturated rings. The van der Waals surface area contributed by atoms with Gasteiger partial charge in [-0.05, 0) is 18.3 Å². The Hall–Kier alpha value is -0.530. The fourth-order valence-corrected chi connectivity index (χ4v) is 4.77. The van der Waals surface area contributed by atoms with Crippen LogP contribution < -0.4 is 0 Å². The van der Waals surface area contributed by atoms with E-state index in [-0.39, 0.29) is 0 Å². The van der Waals surface area contributed by atoms with Gasteiger partial charge in [-0.15, -0.1) is 0 Å². The van der Waals surface area contributed by atoms with Gasteiger partial charge >= 0.3 is 5.97 Å². The molecule has 180 valence electrons. The number of hydrogen-bond donors (Lipinski definition) is 1. The van der Waals surface area contributed by atoms with Gasteiger partial charge in [-0.1, -0.05) is 149 Å². The van der Waals surface area contributed by atoms with E-state index in [1.54, 1.807) is 0 Å². The van der Waals surface area contributed by atoms with E-state index in [0.717, 1.165) is 24.7 Å². The van der Waals surface area contributed by atoms with Crippen molar-refractivity contribution in [2.45, 2.75) is 162 Å². The lowest BCUT2D eigenvalue weighted by Crippen LogP contribution is -2.12. The maximum atomic E-state index is 10.6. The molecule has 2 atom stereocenters. The van der Waals surface area contributed by atoms with Crippen LogP contribution >= 0.6 is 0 Å². The zero-order chi connectivity index (χ0) is 22.3. The maximum Gasteiger partial charge on any atom is 0.303 e. The topological polar surface area (TPSA) is 37.3 Å². The average molecular weight is 425 g/mol. The van der Waals surface area contributed by atoms with E-state index in [1.807, 2.05) is 0 Å². The standard InChI is InChI=1S/C28H56O2/c1-4-6-8-10-11-12-13-14-15-18-22-26(3)27(23-19-9-7-5-2)24-20-16-17-21-25-28(29)30/h26-27H,4-25H2,1-3H3,(H,29,30). The lowest BCUT2D eigenvalue weighted by Gasteiger charge is -2.24. The summed E-state index contributed by atoms with van der Waals surface area (Å²) < 4.78 is 0. The summed E-state index contributed by atoms with van der Waals surface area (Å²) in [5.74, 6) is 1.11. The van der Waals surface area contributed by atoms with Gasteiger partial charge in [0.15, 0.2) is 0 Å². The van der Waals surface area contributed by atoms with Crippen molar-refractivity contribution in [3.63, 3.8) is 0 Å². The Labute approximate surface area is 190 Å². The van der Waals surface area contributed by atoms with Gasteiger partial charge in [0.05, 0.1) is 0 Å². The average Bonchev–Trinajstić information content (AvgIpc) is 2.73. The van der Waals surface area contributed by atoms with Crippen molar-refractivity contribution in [2.24, 2.45) is 11.8 Å². The summed E-state index contributed by atoms with van der Waals surface area (Å²) in [5.41, 5.74) is 0. The Bertz CT molecular complexity index is 353. The first kappa shape index (κ1) is 29.5. The number of unbranched alkanes of at least 4 members (excludes halogenated alkanes) is 15. The minimum Gasteiger partial charge on any atom is -0.481 e. The first-order valence-electron chi connectivity index (χ1n) is 13.8. The lowest BCUT2D eigenvalue weighted by molar-refractivity contribution is -0.137. The highest BCUT2D eigenvalue weighted by Gasteiger charge is 2.16. The zero-order valence-electron chi connectivity index (χ0n) is 21.1. The van der Waals surface area contributed by atoms with Crippen LogP contribution in [0.15, 0.2) is 0 Å². The molecule has 0 amide bonds. The second kappa shape index (κ2) is 23.1. The second-order valence-electron chi connectivity index (χ2n) is 9.90. The highest BCUT2D eigenvalue weighted by Crippen LogP contribution is 2.29. The van der Waals surface area contributed by atoms with Crippen molar-refractivity contribution >= 4 is 5.97 Å². The molecule has 1 N–H and O–H groups in total. The van der Waals surface area contributed by atoms with Crippen molar-refractivity contribution in [1.82, 2.24) is 0 Å². The van der Waals surface area contributed by atoms with E-state index in [2.05, 4.69) is 20.8 Å². The molecule has 0 saturated heterocycles. The number of carboxylic acid groups (broad SMARTS) is 1. The summed E-state index contributed by atoms with van der Waals surface area (Å²) in [6.07, 6.45) is 28.7. The van der Waals surface area contributed by atoms with E-state index in [4.69, 9.17) is 5.11 Å². The molecule has 0 spiro atoms. The number of carbonyl (C=O) groups is 1. The van der Waals surface area contributed by atoms with Crippen LogP contribution in [-0.4, -0.2) is 11.1 Å². The van der Waals surface area contributed by atoms with Gasteiger partial charge in [0, 0.05) is 6.42 Å². The van der Waals surface area contributed by atoms with Gasteiger partial charge in [0.1, 0.15) is 0 Å². The summed E-state index contributed by atoms with van der Waals surface area (Å²) in [5, 5.41) is 8.77. The molecule has 2 nitrogen and oxygen atoms in total. The molecule has 0 aliphatic rings. The Morgan fingerprint density at radius 2 is 0.933 bits per heavy atom. The predicted molar refractivity (Wildman–Crippen MR) is 133 cm³/mol. The van der Waals surface area contributed by atoms with Crippen LogP contribution in [0.3, 0.4) is 0 Å². The summed E-state index contributed by atoms with van der Waals surface area (Å²) >= 11 is 0. The Kier molecular flexibility index (Phi) is 22.7. The minimum absolute atomic E-state index is 0.343. The van der Waals surface area contributed by atoms with Crippen molar-refractivity contribution in [2.75, 3.05) is 0 Å². The van der Waals surface area contributed by atoms with E-state index in [0.29, 0.717) is 6.42 Å². The molecule has 0 aromatic carbocycles. The Morgan fingerprint density at radius 3 is 1.40 bits per heavy atom. The van der Waals surface area contributed by atoms with E-state index in [1.165, 1.54) is 122 Å². The number of carboxylic acids is 1. The fourth-order valence-electron chi connectivity index (χ4n) is 4.77. The highest BCUT2D eigenvalue weighted by atomic mass is 16.4. The van der Waals surface area contributed by atoms with Gasteiger partial charge in [-0.25, -0.2) is 0 Å². The molecule has 2 heteroatoms. The third kappa shape index (κ3) is 20.7. The molecule has 0 aromatic rings. The van der Waals surface area contributed by atoms with Crippen LogP contribution in [0, 0.1) is 11.8 Å². The molecule has 0 saturated carbocycles. The smallest absolute Gasteiger partial charge is 0.303 e. The quantitative estimate of drug-likeness (QED) is 0.156. The Balaban J connectivity index is 3.90. The van der Waals surface area contributed by atoms with Crippen LogP contribution in [0.25, 0.3) is 0 Å². The van der Waals surface area contributed by atoms with Gasteiger partial charge in [-0.2, -0.15) is 0 Å². The first-order chi connectivity index (χ1) is 14.6. The molecule has 0 radical (unpaired) electrons. The highest BCUT2D eigenvalue weighted by molar-refractivity contribution is 5.66. The van der Waals surface area contributed by atoms with Crippen LogP contribution in [0.5, 0.6) is 0 Å². The molecular formula is C28H56O2. The lowest BCUT2D eigenvalue weighted by atomic mass is 9.82. The van der Waals surface area contributed by atoms with Crippen LogP contribution in [0.4, 0.5) is 0 Å². The van der Waals surface area contributed by atoms with E-state index < -0.39 is 5.97 Å². The normalized spacial score (nSPS) is 13.4. The molecule has 2 unspecified atom stereocenters. The van der Waals surface area contributed by atoms with Gasteiger partial charge in [0.2, 0.25) is 0 Å². The minimum atomic E-state index is -0.645. The molecule has 0 aromatic heterocycles. The third-order valence-corrected chi connectivity index (χ3v) is 6.96. The van der Waals surface area contributed by atoms with Gasteiger partial charge in [0.25, 0.3) is 0 Å². The van der Waals surface area contributed by atoms with Crippen molar-refractivity contribution < 1.29 is 9.90 Å². The van der Waals surface area contributed by atoms with E-state index >= 15 is 0 Å². The molecule has 0 aliphatic heterocycles. The van der Waals surface area contributed by atoms with Crippen molar-refractivity contribution in [1.29, 1.82) is 0 Å². The summed E-state index contributed by atoms with van der Waals surface area (Å²) in [6, 6.07) is 0. The van der Waals surface area contributed by atoms with Gasteiger partial charge < -0.3 is 5.11 Å². The van der Waals surface area contributed by atoms with E-state index in [9.17, 15) is 4.79 Å². The van der Waals surface area contributed by atoms with Gasteiger partial charge in [-0.3, -0.25) is 4.79 Å². The predicted octanol–water partition coefficient (Wildman–Crippen LogP) is 9.95. The monoisotopic (exact) mass is 424 g/mol. The summed E-state index contributed by atoms with van der Waals surface area (Å²) in [6.45, 7) is 7.09. The molecule has 0 bridgehead atoms. The SMILES string of the molecule is CCCCCCCCCCCCC(C)C(CCCCCC)CCCCCCC(=O)O. The fraction of sp³-hybridized carbons (Fsp3) is 0.964. The molecular weight excluding hydrogens is 368 g/mol. The summed E-state index contributed by atoms with van der Waals surface area (Å²) in [7, 11) is 0. The zero-order valence-corrected chi connectivity index (χ0v) is 21.1. The first-order valence-corrected chi connectivity index (χ1v) is 13.8. The largest absolute Gasteiger partial charge is 0.481 e. The molecule has 0 heterocycles. The summed E-state index contributed by atoms with van der Waals surface area (Å²) in [4.78, 5) is 10.6. The third-order valence-electron chi connectivity index (χ3n) is 6.96. The maximum absolute atomic E-state index is 10.6. The van der Waals surface area contributed by atoms with Crippen LogP contribution in [0.1, 0.15) is 162 Å². The number of aliphatic carboxylic acids is 1. The molecule has 0 rings (SSSR count). The molecule has 30 heavy (non-hydrogen) atoms. The molecule has 0 aliphatic carbocycles. The number of rotatable bonds is 24.